The van der Waals surface area contributed by atoms with E-state index in [2.05, 4.69) is 60.7 Å². The molecule has 4 heterocycles. The van der Waals surface area contributed by atoms with E-state index in [1.54, 1.807) is 60.4 Å². The van der Waals surface area contributed by atoms with Crippen molar-refractivity contribution in [3.05, 3.63) is 156 Å². The summed E-state index contributed by atoms with van der Waals surface area (Å²) in [5.74, 6) is 0.829. The predicted molar refractivity (Wildman–Crippen MR) is 230 cm³/mol. The Labute approximate surface area is 341 Å². The lowest BCUT2D eigenvalue weighted by atomic mass is 9.97. The first-order chi connectivity index (χ1) is 29.0. The Hall–Kier alpha value is -6.88. The Bertz CT molecular complexity index is 2600. The van der Waals surface area contributed by atoms with Crippen LogP contribution >= 0.6 is 0 Å². The third-order valence-corrected chi connectivity index (χ3v) is 11.6. The largest absolute Gasteiger partial charge is 0.497 e. The third kappa shape index (κ3) is 6.56. The highest BCUT2D eigenvalue weighted by Crippen LogP contribution is 2.40. The molecule has 0 fully saturated rings. The lowest BCUT2D eigenvalue weighted by Crippen LogP contribution is -2.41. The maximum atomic E-state index is 14.2. The van der Waals surface area contributed by atoms with Gasteiger partial charge in [-0.05, 0) is 87.6 Å². The van der Waals surface area contributed by atoms with E-state index in [1.165, 1.54) is 0 Å². The van der Waals surface area contributed by atoms with E-state index >= 15 is 0 Å². The molecule has 2 amide bonds. The van der Waals surface area contributed by atoms with Crippen LogP contribution in [0.5, 0.6) is 11.5 Å². The van der Waals surface area contributed by atoms with Gasteiger partial charge >= 0.3 is 0 Å². The number of hydrogen-bond donors (Lipinski definition) is 0. The van der Waals surface area contributed by atoms with Gasteiger partial charge in [0.2, 0.25) is 0 Å². The van der Waals surface area contributed by atoms with Crippen LogP contribution in [0.2, 0.25) is 0 Å². The second-order valence-electron chi connectivity index (χ2n) is 15.0. The highest BCUT2D eigenvalue weighted by molar-refractivity contribution is 6.07. The van der Waals surface area contributed by atoms with E-state index in [4.69, 9.17) is 28.9 Å². The second-order valence-corrected chi connectivity index (χ2v) is 15.0. The molecule has 0 bridgehead atoms. The van der Waals surface area contributed by atoms with E-state index in [0.717, 1.165) is 43.8 Å². The van der Waals surface area contributed by atoms with Crippen molar-refractivity contribution in [3.8, 4) is 11.5 Å². The number of rotatable bonds is 10. The van der Waals surface area contributed by atoms with Gasteiger partial charge in [0, 0.05) is 49.2 Å². The number of methoxy groups -OCH3 is 2. The molecule has 6 aromatic carbocycles. The Morgan fingerprint density at radius 3 is 1.41 bits per heavy atom. The van der Waals surface area contributed by atoms with Crippen molar-refractivity contribution in [1.82, 2.24) is 9.80 Å². The van der Waals surface area contributed by atoms with Crippen molar-refractivity contribution in [3.63, 3.8) is 0 Å². The summed E-state index contributed by atoms with van der Waals surface area (Å²) in [6.07, 6.45) is 7.00. The minimum atomic E-state index is -0.489. The second kappa shape index (κ2) is 15.1. The number of amides is 2. The topological polar surface area (TPSA) is 102 Å². The van der Waals surface area contributed by atoms with Crippen LogP contribution < -0.4 is 9.47 Å². The van der Waals surface area contributed by atoms with Gasteiger partial charge in [-0.1, -0.05) is 72.8 Å². The fraction of sp³-hybridized carbons (Fsp3) is 0.184. The highest BCUT2D eigenvalue weighted by atomic mass is 16.5. The molecule has 0 saturated heterocycles. The average Bonchev–Trinajstić information content (AvgIpc) is 3.75. The normalized spacial score (nSPS) is 20.4. The van der Waals surface area contributed by atoms with Crippen LogP contribution in [0.25, 0.3) is 32.7 Å². The van der Waals surface area contributed by atoms with Crippen molar-refractivity contribution in [2.45, 2.75) is 30.7 Å². The van der Waals surface area contributed by atoms with Crippen molar-refractivity contribution in [2.24, 2.45) is 9.98 Å². The molecular formula is C49H40N4O6. The van der Waals surface area contributed by atoms with Crippen molar-refractivity contribution in [1.29, 1.82) is 0 Å². The summed E-state index contributed by atoms with van der Waals surface area (Å²) in [5.41, 5.74) is 5.83. The van der Waals surface area contributed by atoms with Gasteiger partial charge in [0.1, 0.15) is 35.8 Å². The van der Waals surface area contributed by atoms with Crippen LogP contribution in [-0.2, 0) is 9.47 Å². The molecule has 10 rings (SSSR count). The minimum absolute atomic E-state index is 0.173. The number of ether oxygens (including phenoxy) is 4. The van der Waals surface area contributed by atoms with Crippen molar-refractivity contribution >= 4 is 68.3 Å². The Morgan fingerprint density at radius 2 is 0.966 bits per heavy atom. The van der Waals surface area contributed by atoms with Crippen molar-refractivity contribution < 1.29 is 28.5 Å². The highest BCUT2D eigenvalue weighted by Gasteiger charge is 2.43. The maximum Gasteiger partial charge on any atom is 0.260 e. The molecule has 0 N–H and O–H groups in total. The Balaban J connectivity index is 0.912. The van der Waals surface area contributed by atoms with E-state index in [-0.39, 0.29) is 11.8 Å². The van der Waals surface area contributed by atoms with Gasteiger partial charge in [-0.15, -0.1) is 0 Å². The van der Waals surface area contributed by atoms with Gasteiger partial charge in [0.05, 0.1) is 36.7 Å². The van der Waals surface area contributed by atoms with Crippen LogP contribution in [-0.4, -0.2) is 85.8 Å². The van der Waals surface area contributed by atoms with Crippen LogP contribution in [0.4, 0.5) is 11.4 Å². The van der Waals surface area contributed by atoms with Crippen LogP contribution in [0.15, 0.2) is 144 Å². The molecule has 0 aliphatic carbocycles. The molecule has 4 aliphatic rings. The van der Waals surface area contributed by atoms with Crippen LogP contribution in [0, 0.1) is 0 Å². The molecule has 0 saturated carbocycles. The molecule has 292 valence electrons. The molecular weight excluding hydrogens is 741 g/mol. The zero-order valence-corrected chi connectivity index (χ0v) is 32.5. The quantitative estimate of drug-likeness (QED) is 0.129. The van der Waals surface area contributed by atoms with Gasteiger partial charge in [-0.2, -0.15) is 0 Å². The van der Waals surface area contributed by atoms with Gasteiger partial charge in [-0.25, -0.2) is 0 Å². The minimum Gasteiger partial charge on any atom is -0.497 e. The molecule has 0 spiro atoms. The van der Waals surface area contributed by atoms with E-state index in [9.17, 15) is 9.59 Å². The smallest absolute Gasteiger partial charge is 0.260 e. The fourth-order valence-electron chi connectivity index (χ4n) is 8.48. The molecule has 2 unspecified atom stereocenters. The zero-order chi connectivity index (χ0) is 40.0. The summed E-state index contributed by atoms with van der Waals surface area (Å²) in [5, 5.41) is 4.45. The van der Waals surface area contributed by atoms with Crippen LogP contribution in [0.3, 0.4) is 0 Å². The van der Waals surface area contributed by atoms with Crippen LogP contribution in [0.1, 0.15) is 38.3 Å². The Kier molecular flexibility index (Phi) is 9.35. The van der Waals surface area contributed by atoms with Gasteiger partial charge < -0.3 is 28.7 Å². The molecule has 0 aromatic heterocycles. The summed E-state index contributed by atoms with van der Waals surface area (Å²) in [4.78, 5) is 41.3. The van der Waals surface area contributed by atoms with Gasteiger partial charge in [-0.3, -0.25) is 19.6 Å². The lowest BCUT2D eigenvalue weighted by Gasteiger charge is -2.26. The number of benzene rings is 6. The Morgan fingerprint density at radius 1 is 0.525 bits per heavy atom. The van der Waals surface area contributed by atoms with Gasteiger partial charge in [0.25, 0.3) is 11.8 Å². The SMILES string of the molecule is COc1ccc2c(c1)C(=O)N1C=C(c3ccc4ccccc4c3)C(OCCCOC3C(c4ccc5ccccc5c4)=CN4C(=O)c5cc(OC)ccc5N=C[C@@H]34)[C@@H]1C=N2. The summed E-state index contributed by atoms with van der Waals surface area (Å²) < 4.78 is 24.4. The number of carbonyl (C=O) groups is 2. The number of fused-ring (bicyclic) bond motifs is 6. The zero-order valence-electron chi connectivity index (χ0n) is 32.5. The summed E-state index contributed by atoms with van der Waals surface area (Å²) >= 11 is 0. The lowest BCUT2D eigenvalue weighted by molar-refractivity contribution is 0.0260. The first-order valence-corrected chi connectivity index (χ1v) is 19.7. The number of aliphatic imine (C=N–C) groups is 2. The third-order valence-electron chi connectivity index (χ3n) is 11.6. The monoisotopic (exact) mass is 780 g/mol. The molecule has 6 aromatic rings. The average molecular weight is 781 g/mol. The molecule has 0 radical (unpaired) electrons. The number of nitrogens with zero attached hydrogens (tertiary/aromatic N) is 4. The summed E-state index contributed by atoms with van der Waals surface area (Å²) in [6, 6.07) is 38.8. The van der Waals surface area contributed by atoms with E-state index in [1.807, 2.05) is 49.1 Å². The summed E-state index contributed by atoms with van der Waals surface area (Å²) in [7, 11) is 3.17. The standard InChI is InChI=1S/C49H40N4O6/c1-56-36-16-18-42-38(24-36)48(54)52-28-40(34-14-12-30-8-3-5-10-32(30)22-34)46(44(52)26-50-42)58-20-7-21-59-47-41(35-15-13-31-9-4-6-11-33(31)23-35)29-53-45(47)27-51-43-19-17-37(57-2)25-39(43)49(53)55/h3-6,8-19,22-29,44-47H,7,20-21H2,1-2H3/t44-,45-,46?,47?/m0/s1. The van der Waals surface area contributed by atoms with Gasteiger partial charge in [0.15, 0.2) is 0 Å². The summed E-state index contributed by atoms with van der Waals surface area (Å²) in [6.45, 7) is 0.689. The molecule has 10 nitrogen and oxygen atoms in total. The maximum absolute atomic E-state index is 14.2. The first kappa shape index (κ1) is 36.5. The molecule has 4 atom stereocenters. The molecule has 10 heteroatoms. The predicted octanol–water partition coefficient (Wildman–Crippen LogP) is 9.03. The molecule has 59 heavy (non-hydrogen) atoms. The number of hydrogen-bond acceptors (Lipinski definition) is 8. The number of carbonyl (C=O) groups excluding carboxylic acids is 2. The molecule has 4 aliphatic heterocycles. The van der Waals surface area contributed by atoms with E-state index < -0.39 is 24.3 Å². The van der Waals surface area contributed by atoms with Crippen molar-refractivity contribution in [2.75, 3.05) is 27.4 Å². The fourth-order valence-corrected chi connectivity index (χ4v) is 8.48. The first-order valence-electron chi connectivity index (χ1n) is 19.7. The van der Waals surface area contributed by atoms with E-state index in [0.29, 0.717) is 53.6 Å².